The van der Waals surface area contributed by atoms with E-state index in [0.29, 0.717) is 24.1 Å². The molecule has 2 aliphatic carbocycles. The molecule has 0 unspecified atom stereocenters. The van der Waals surface area contributed by atoms with Crippen LogP contribution in [0.3, 0.4) is 0 Å². The third-order valence-corrected chi connectivity index (χ3v) is 4.66. The van der Waals surface area contributed by atoms with Gasteiger partial charge < -0.3 is 4.74 Å². The smallest absolute Gasteiger partial charge is 0.151 e. The number of unbranched alkanes of at least 4 members (excludes halogenated alkanes) is 1. The molecule has 0 spiro atoms. The molecule has 27 heavy (non-hydrogen) atoms. The summed E-state index contributed by atoms with van der Waals surface area (Å²) in [5.74, 6) is 0.587. The number of aromatic nitrogens is 4. The second-order valence-electron chi connectivity index (χ2n) is 6.64. The van der Waals surface area contributed by atoms with Crippen molar-refractivity contribution in [3.8, 4) is 5.75 Å². The predicted molar refractivity (Wildman–Crippen MR) is 106 cm³/mol. The molecule has 4 rings (SSSR count). The zero-order chi connectivity index (χ0) is 28.4. The quantitative estimate of drug-likeness (QED) is 0.522. The van der Waals surface area contributed by atoms with Crippen molar-refractivity contribution in [3.05, 3.63) is 47.3 Å². The number of aryl methyl sites for hydroxylation is 2. The Balaban J connectivity index is 1.49. The van der Waals surface area contributed by atoms with E-state index in [-0.39, 0.29) is 12.2 Å². The van der Waals surface area contributed by atoms with Crippen molar-refractivity contribution in [3.63, 3.8) is 0 Å². The van der Waals surface area contributed by atoms with Crippen LogP contribution in [0.2, 0.25) is 0 Å². The van der Waals surface area contributed by atoms with E-state index >= 15 is 0 Å². The molecule has 1 fully saturated rings. The van der Waals surface area contributed by atoms with Crippen molar-refractivity contribution in [2.45, 2.75) is 76.4 Å². The summed E-state index contributed by atoms with van der Waals surface area (Å²) < 4.78 is 97.1. The van der Waals surface area contributed by atoms with Gasteiger partial charge in [-0.3, -0.25) is 0 Å². The Morgan fingerprint density at radius 2 is 2.07 bits per heavy atom. The van der Waals surface area contributed by atoms with E-state index in [2.05, 4.69) is 22.1 Å². The predicted octanol–water partition coefficient (Wildman–Crippen LogP) is 4.62. The summed E-state index contributed by atoms with van der Waals surface area (Å²) in [4.78, 5) is 0. The molecule has 5 heteroatoms. The van der Waals surface area contributed by atoms with Crippen LogP contribution in [0.5, 0.6) is 5.75 Å². The van der Waals surface area contributed by atoms with Crippen LogP contribution in [-0.4, -0.2) is 26.8 Å². The van der Waals surface area contributed by atoms with Gasteiger partial charge in [-0.15, -0.1) is 5.10 Å². The molecule has 5 nitrogen and oxygen atoms in total. The van der Waals surface area contributed by atoms with Gasteiger partial charge >= 0.3 is 0 Å². The maximum Gasteiger partial charge on any atom is 0.151 e. The first-order valence-corrected chi connectivity index (χ1v) is 9.12. The fourth-order valence-corrected chi connectivity index (χ4v) is 3.23. The topological polar surface area (TPSA) is 52.8 Å². The number of rotatable bonds is 7. The summed E-state index contributed by atoms with van der Waals surface area (Å²) in [6.45, 7) is 4.39. The first-order valence-electron chi connectivity index (χ1n) is 14.6. The van der Waals surface area contributed by atoms with Crippen molar-refractivity contribution in [2.24, 2.45) is 0 Å². The van der Waals surface area contributed by atoms with E-state index in [1.807, 2.05) is 18.2 Å². The third kappa shape index (κ3) is 4.57. The molecule has 144 valence electrons. The van der Waals surface area contributed by atoms with Crippen molar-refractivity contribution in [1.82, 2.24) is 20.2 Å². The molecule has 0 bridgehead atoms. The van der Waals surface area contributed by atoms with Crippen molar-refractivity contribution >= 4 is 0 Å². The minimum atomic E-state index is -3.60. The minimum absolute atomic E-state index is 0.0499. The lowest BCUT2D eigenvalue weighted by molar-refractivity contribution is 0.300. The highest BCUT2D eigenvalue weighted by atomic mass is 16.5. The molecule has 2 aliphatic rings. The minimum Gasteiger partial charge on any atom is -0.494 e. The molecule has 0 aliphatic heterocycles. The van der Waals surface area contributed by atoms with Gasteiger partial charge in [-0.2, -0.15) is 0 Å². The lowest BCUT2D eigenvalue weighted by Crippen LogP contribution is -2.17. The van der Waals surface area contributed by atoms with E-state index in [4.69, 9.17) is 19.8 Å². The van der Waals surface area contributed by atoms with Gasteiger partial charge in [-0.1, -0.05) is 37.3 Å². The normalized spacial score (nSPS) is 34.2. The van der Waals surface area contributed by atoms with Crippen molar-refractivity contribution in [2.75, 3.05) is 6.61 Å². The first kappa shape index (κ1) is 9.35. The molecular weight excluding hydrogens is 336 g/mol. The van der Waals surface area contributed by atoms with Gasteiger partial charge in [0.2, 0.25) is 0 Å². The number of hydrogen-bond donors (Lipinski definition) is 0. The second-order valence-corrected chi connectivity index (χ2v) is 6.64. The zero-order valence-electron chi connectivity index (χ0n) is 26.1. The summed E-state index contributed by atoms with van der Waals surface area (Å²) in [6, 6.07) is 2.58. The molecule has 0 saturated heterocycles. The van der Waals surface area contributed by atoms with E-state index in [1.165, 1.54) is 16.7 Å². The molecule has 0 N–H and O–H groups in total. The number of fused-ring (bicyclic) bond motifs is 1. The van der Waals surface area contributed by atoms with E-state index in [9.17, 15) is 0 Å². The molecule has 0 amide bonds. The van der Waals surface area contributed by atoms with E-state index in [0.717, 1.165) is 25.0 Å². The van der Waals surface area contributed by atoms with Crippen LogP contribution in [0, 0.1) is 0 Å². The number of tetrazole rings is 1. The van der Waals surface area contributed by atoms with E-state index < -0.39 is 37.9 Å². The summed E-state index contributed by atoms with van der Waals surface area (Å²) in [5, 5.41) is 10.8. The van der Waals surface area contributed by atoms with Crippen LogP contribution in [-0.2, 0) is 19.3 Å². The number of allylic oxidation sites excluding steroid dienone is 1. The van der Waals surface area contributed by atoms with Crippen LogP contribution in [0.4, 0.5) is 0 Å². The van der Waals surface area contributed by atoms with Crippen LogP contribution in [0.15, 0.2) is 30.4 Å². The maximum absolute atomic E-state index is 8.82. The number of ether oxygens (including phenoxy) is 1. The monoisotopic (exact) mass is 377 g/mol. The van der Waals surface area contributed by atoms with Gasteiger partial charge in [0.1, 0.15) is 5.75 Å². The first-order chi connectivity index (χ1) is 17.4. The Kier molecular flexibility index (Phi) is 3.01. The Morgan fingerprint density at radius 1 is 1.19 bits per heavy atom. The van der Waals surface area contributed by atoms with Crippen LogP contribution >= 0.6 is 0 Å². The Bertz CT molecular complexity index is 1200. The van der Waals surface area contributed by atoms with Gasteiger partial charge in [0.15, 0.2) is 5.82 Å². The third-order valence-electron chi connectivity index (χ3n) is 4.66. The lowest BCUT2D eigenvalue weighted by Gasteiger charge is -2.22. The highest BCUT2D eigenvalue weighted by Crippen LogP contribution is 2.29. The number of hydrogen-bond acceptors (Lipinski definition) is 4. The molecule has 1 saturated carbocycles. The molecule has 0 radical (unpaired) electrons. The van der Waals surface area contributed by atoms with Crippen LogP contribution < -0.4 is 4.74 Å². The second kappa shape index (κ2) is 8.68. The van der Waals surface area contributed by atoms with Gasteiger partial charge in [-0.25, -0.2) is 4.68 Å². The largest absolute Gasteiger partial charge is 0.494 e. The van der Waals surface area contributed by atoms with E-state index in [1.54, 1.807) is 0 Å². The molecule has 0 atom stereocenters. The summed E-state index contributed by atoms with van der Waals surface area (Å²) in [7, 11) is 0. The van der Waals surface area contributed by atoms with Gasteiger partial charge in [0, 0.05) is 20.1 Å². The van der Waals surface area contributed by atoms with Crippen molar-refractivity contribution < 1.29 is 19.8 Å². The Labute approximate surface area is 177 Å². The highest BCUT2D eigenvalue weighted by Gasteiger charge is 2.19. The molecule has 1 aromatic heterocycles. The Morgan fingerprint density at radius 3 is 2.96 bits per heavy atom. The van der Waals surface area contributed by atoms with Gasteiger partial charge in [0.05, 0.1) is 14.0 Å². The SMILES string of the molecule is [2H]C1([2H])C([2H])([2H])C([2H])([2H])C([2H])(n2nnnc2CCCCOc2ccc3c(c2)CCC(=C)C3)C([2H])([2H])C1([2H])[2H]. The molecular formula is C22H30N4O. The number of nitrogens with zero attached hydrogens (tertiary/aromatic N) is 4. The lowest BCUT2D eigenvalue weighted by atomic mass is 9.89. The fraction of sp³-hybridized carbons (Fsp3) is 0.591. The Hall–Kier alpha value is -2.17. The van der Waals surface area contributed by atoms with Gasteiger partial charge in [0.25, 0.3) is 0 Å². The molecule has 1 heterocycles. The maximum atomic E-state index is 8.82. The number of benzene rings is 1. The fourth-order valence-electron chi connectivity index (χ4n) is 3.23. The molecule has 2 aromatic rings. The van der Waals surface area contributed by atoms with Crippen LogP contribution in [0.25, 0.3) is 0 Å². The summed E-state index contributed by atoms with van der Waals surface area (Å²) in [5.41, 5.74) is 3.69. The zero-order valence-corrected chi connectivity index (χ0v) is 15.1. The average molecular weight is 378 g/mol. The summed E-state index contributed by atoms with van der Waals surface area (Å²) in [6.07, 6.45) is -14.2. The average Bonchev–Trinajstić information content (AvgIpc) is 3.30. The summed E-state index contributed by atoms with van der Waals surface area (Å²) >= 11 is 0. The molecule has 1 aromatic carbocycles. The van der Waals surface area contributed by atoms with Gasteiger partial charge in [-0.05, 0) is 78.5 Å². The highest BCUT2D eigenvalue weighted by molar-refractivity contribution is 5.40. The standard InChI is InChI=1S/C22H30N4O/c1-17-10-11-19-16-21(13-12-18(19)15-17)27-14-6-5-9-22-23-24-25-26(22)20-7-3-2-4-8-20/h12-13,16,20H,1-11,14-15H2/i2D2,3D2,4D2,7D2,8D2,20D. The van der Waals surface area contributed by atoms with Crippen molar-refractivity contribution in [1.29, 1.82) is 0 Å². The van der Waals surface area contributed by atoms with Crippen LogP contribution in [0.1, 0.15) is 89.2 Å².